The largest absolute Gasteiger partial charge is 0.508 e. The molecule has 6 nitrogen and oxygen atoms in total. The van der Waals surface area contributed by atoms with Crippen molar-refractivity contribution in [2.45, 2.75) is 18.7 Å². The van der Waals surface area contributed by atoms with E-state index in [4.69, 9.17) is 0 Å². The van der Waals surface area contributed by atoms with Crippen LogP contribution in [0.2, 0.25) is 0 Å². The maximum absolute atomic E-state index is 13.1. The fourth-order valence-corrected chi connectivity index (χ4v) is 4.98. The molecule has 1 N–H and O–H groups in total. The van der Waals surface area contributed by atoms with Crippen molar-refractivity contribution in [3.8, 4) is 5.75 Å². The molecule has 1 aliphatic heterocycles. The van der Waals surface area contributed by atoms with Gasteiger partial charge in [0.1, 0.15) is 11.0 Å². The number of carbonyl (C=O) groups is 1. The molecule has 148 valence electrons. The Kier molecular flexibility index (Phi) is 5.86. The fourth-order valence-electron chi connectivity index (χ4n) is 3.29. The summed E-state index contributed by atoms with van der Waals surface area (Å²) in [5.74, 6) is -0.122. The Bertz CT molecular complexity index is 970. The molecule has 0 bridgehead atoms. The second-order valence-electron chi connectivity index (χ2n) is 6.93. The van der Waals surface area contributed by atoms with Crippen molar-refractivity contribution in [3.05, 3.63) is 77.9 Å². The number of aryl methyl sites for hydroxylation is 1. The standard InChI is InChI=1S/C21H24N2O4S/c1-3-20(18-9-7-16(2)8-10-18)28(26,27)23-12-11-22(21(25)15-23)14-17-5-4-6-19(24)13-17/h3-10,13,20,24H,1,11-12,14-15H2,2H3. The molecule has 1 saturated heterocycles. The van der Waals surface area contributed by atoms with Gasteiger partial charge >= 0.3 is 0 Å². The van der Waals surface area contributed by atoms with E-state index in [-0.39, 0.29) is 24.7 Å². The average molecular weight is 401 g/mol. The van der Waals surface area contributed by atoms with Gasteiger partial charge in [-0.15, -0.1) is 6.58 Å². The quantitative estimate of drug-likeness (QED) is 0.756. The molecule has 0 aliphatic carbocycles. The number of phenolic OH excluding ortho intramolecular Hbond substituents is 1. The summed E-state index contributed by atoms with van der Waals surface area (Å²) in [6, 6.07) is 14.0. The van der Waals surface area contributed by atoms with Crippen molar-refractivity contribution in [1.82, 2.24) is 9.21 Å². The summed E-state index contributed by atoms with van der Waals surface area (Å²) in [5, 5.41) is 8.68. The third-order valence-corrected chi connectivity index (χ3v) is 7.01. The van der Waals surface area contributed by atoms with Gasteiger partial charge in [-0.25, -0.2) is 8.42 Å². The van der Waals surface area contributed by atoms with Crippen LogP contribution in [0, 0.1) is 6.92 Å². The van der Waals surface area contributed by atoms with Crippen LogP contribution in [0.3, 0.4) is 0 Å². The number of hydrogen-bond donors (Lipinski definition) is 1. The lowest BCUT2D eigenvalue weighted by Gasteiger charge is -2.35. The van der Waals surface area contributed by atoms with Gasteiger partial charge in [-0.1, -0.05) is 48.0 Å². The first-order valence-electron chi connectivity index (χ1n) is 9.05. The number of rotatable bonds is 6. The Morgan fingerprint density at radius 1 is 1.18 bits per heavy atom. The van der Waals surface area contributed by atoms with Crippen LogP contribution in [0.25, 0.3) is 0 Å². The second kappa shape index (κ2) is 8.16. The Morgan fingerprint density at radius 3 is 2.50 bits per heavy atom. The van der Waals surface area contributed by atoms with E-state index in [2.05, 4.69) is 6.58 Å². The fraction of sp³-hybridized carbons (Fsp3) is 0.286. The molecule has 7 heteroatoms. The van der Waals surface area contributed by atoms with Crippen molar-refractivity contribution in [1.29, 1.82) is 0 Å². The van der Waals surface area contributed by atoms with E-state index in [1.54, 1.807) is 35.2 Å². The Labute approximate surface area is 165 Å². The molecule has 1 fully saturated rings. The average Bonchev–Trinajstić information content (AvgIpc) is 2.65. The van der Waals surface area contributed by atoms with Gasteiger partial charge in [-0.3, -0.25) is 4.79 Å². The van der Waals surface area contributed by atoms with Crippen LogP contribution in [-0.4, -0.2) is 48.3 Å². The molecule has 0 radical (unpaired) electrons. The minimum Gasteiger partial charge on any atom is -0.508 e. The summed E-state index contributed by atoms with van der Waals surface area (Å²) in [4.78, 5) is 14.2. The normalized spacial score (nSPS) is 16.8. The van der Waals surface area contributed by atoms with Crippen LogP contribution in [0.5, 0.6) is 5.75 Å². The highest BCUT2D eigenvalue weighted by atomic mass is 32.2. The molecule has 1 atom stereocenters. The molecule has 1 aliphatic rings. The van der Waals surface area contributed by atoms with Gasteiger partial charge in [0.2, 0.25) is 15.9 Å². The van der Waals surface area contributed by atoms with E-state index in [0.717, 1.165) is 11.1 Å². The number of piperazine rings is 1. The van der Waals surface area contributed by atoms with Gasteiger partial charge in [0, 0.05) is 19.6 Å². The number of benzene rings is 2. The summed E-state index contributed by atoms with van der Waals surface area (Å²) in [6.45, 7) is 6.29. The molecule has 28 heavy (non-hydrogen) atoms. The SMILES string of the molecule is C=CC(c1ccc(C)cc1)S(=O)(=O)N1CCN(Cc2cccc(O)c2)C(=O)C1. The van der Waals surface area contributed by atoms with Gasteiger partial charge in [-0.05, 0) is 30.2 Å². The number of nitrogens with zero attached hydrogens (tertiary/aromatic N) is 2. The summed E-state index contributed by atoms with van der Waals surface area (Å²) >= 11 is 0. The van der Waals surface area contributed by atoms with Gasteiger partial charge in [0.15, 0.2) is 0 Å². The van der Waals surface area contributed by atoms with Crippen molar-refractivity contribution in [2.75, 3.05) is 19.6 Å². The summed E-state index contributed by atoms with van der Waals surface area (Å²) in [5.41, 5.74) is 2.48. The molecule has 2 aromatic rings. The molecule has 3 rings (SSSR count). The Hall–Kier alpha value is -2.64. The lowest BCUT2D eigenvalue weighted by atomic mass is 10.1. The zero-order valence-electron chi connectivity index (χ0n) is 15.8. The van der Waals surface area contributed by atoms with E-state index < -0.39 is 15.3 Å². The van der Waals surface area contributed by atoms with Gasteiger partial charge in [0.25, 0.3) is 0 Å². The third kappa shape index (κ3) is 4.26. The smallest absolute Gasteiger partial charge is 0.238 e. The Balaban J connectivity index is 1.73. The first-order valence-corrected chi connectivity index (χ1v) is 10.6. The lowest BCUT2D eigenvalue weighted by Crippen LogP contribution is -2.52. The van der Waals surface area contributed by atoms with E-state index >= 15 is 0 Å². The monoisotopic (exact) mass is 400 g/mol. The summed E-state index contributed by atoms with van der Waals surface area (Å²) in [7, 11) is -3.75. The first kappa shape index (κ1) is 20.1. The summed E-state index contributed by atoms with van der Waals surface area (Å²) in [6.07, 6.45) is 1.41. The number of hydrogen-bond acceptors (Lipinski definition) is 4. The molecule has 1 amide bonds. The summed E-state index contributed by atoms with van der Waals surface area (Å²) < 4.78 is 27.5. The van der Waals surface area contributed by atoms with Crippen LogP contribution in [0.4, 0.5) is 0 Å². The van der Waals surface area contributed by atoms with Crippen molar-refractivity contribution < 1.29 is 18.3 Å². The zero-order valence-corrected chi connectivity index (χ0v) is 16.6. The van der Waals surface area contributed by atoms with Gasteiger partial charge < -0.3 is 10.0 Å². The highest BCUT2D eigenvalue weighted by Gasteiger charge is 2.36. The number of sulfonamides is 1. The zero-order chi connectivity index (χ0) is 20.3. The molecular weight excluding hydrogens is 376 g/mol. The third-order valence-electron chi connectivity index (χ3n) is 4.87. The molecule has 1 heterocycles. The maximum atomic E-state index is 13.1. The number of aromatic hydroxyl groups is 1. The predicted octanol–water partition coefficient (Wildman–Crippen LogP) is 2.60. The number of amides is 1. The van der Waals surface area contributed by atoms with Crippen molar-refractivity contribution in [3.63, 3.8) is 0 Å². The molecule has 0 saturated carbocycles. The minimum absolute atomic E-state index is 0.137. The van der Waals surface area contributed by atoms with E-state index in [9.17, 15) is 18.3 Å². The van der Waals surface area contributed by atoms with E-state index in [1.165, 1.54) is 10.4 Å². The number of phenols is 1. The molecule has 1 unspecified atom stereocenters. The lowest BCUT2D eigenvalue weighted by molar-refractivity contribution is -0.134. The Morgan fingerprint density at radius 2 is 1.89 bits per heavy atom. The van der Waals surface area contributed by atoms with Gasteiger partial charge in [-0.2, -0.15) is 4.31 Å². The van der Waals surface area contributed by atoms with Gasteiger partial charge in [0.05, 0.1) is 6.54 Å². The molecule has 2 aromatic carbocycles. The van der Waals surface area contributed by atoms with E-state index in [1.807, 2.05) is 25.1 Å². The predicted molar refractivity (Wildman–Crippen MR) is 108 cm³/mol. The van der Waals surface area contributed by atoms with Crippen molar-refractivity contribution in [2.24, 2.45) is 0 Å². The maximum Gasteiger partial charge on any atom is 0.238 e. The van der Waals surface area contributed by atoms with Crippen LogP contribution in [-0.2, 0) is 21.4 Å². The van der Waals surface area contributed by atoms with Crippen LogP contribution >= 0.6 is 0 Å². The topological polar surface area (TPSA) is 77.9 Å². The highest BCUT2D eigenvalue weighted by Crippen LogP contribution is 2.28. The van der Waals surface area contributed by atoms with Crippen molar-refractivity contribution >= 4 is 15.9 Å². The second-order valence-corrected chi connectivity index (χ2v) is 8.98. The minimum atomic E-state index is -3.75. The molecule has 0 aromatic heterocycles. The molecular formula is C21H24N2O4S. The highest BCUT2D eigenvalue weighted by molar-refractivity contribution is 7.89. The first-order chi connectivity index (χ1) is 13.3. The molecule has 0 spiro atoms. The van der Waals surface area contributed by atoms with Crippen LogP contribution in [0.1, 0.15) is 21.9 Å². The van der Waals surface area contributed by atoms with Crippen LogP contribution in [0.15, 0.2) is 61.2 Å². The van der Waals surface area contributed by atoms with E-state index in [0.29, 0.717) is 18.7 Å². The number of carbonyl (C=O) groups excluding carboxylic acids is 1. The van der Waals surface area contributed by atoms with Crippen LogP contribution < -0.4 is 0 Å².